The van der Waals surface area contributed by atoms with Crippen LogP contribution in [0.3, 0.4) is 0 Å². The minimum absolute atomic E-state index is 0.377. The second kappa shape index (κ2) is 3.87. The molecule has 2 aromatic rings. The lowest BCUT2D eigenvalue weighted by molar-refractivity contribution is 0.438. The second-order valence-corrected chi connectivity index (χ2v) is 2.90. The van der Waals surface area contributed by atoms with Crippen LogP contribution in [-0.2, 0) is 0 Å². The van der Waals surface area contributed by atoms with Gasteiger partial charge in [-0.25, -0.2) is 9.97 Å². The van der Waals surface area contributed by atoms with E-state index in [-0.39, 0.29) is 0 Å². The van der Waals surface area contributed by atoms with Crippen LogP contribution in [0.4, 0.5) is 0 Å². The highest BCUT2D eigenvalue weighted by atomic mass is 16.5. The van der Waals surface area contributed by atoms with E-state index < -0.39 is 0 Å². The first-order valence-corrected chi connectivity index (χ1v) is 4.37. The second-order valence-electron chi connectivity index (χ2n) is 2.90. The topological polar surface area (TPSA) is 35.0 Å². The van der Waals surface area contributed by atoms with Crippen LogP contribution >= 0.6 is 0 Å². The van der Waals surface area contributed by atoms with E-state index in [0.717, 1.165) is 11.3 Å². The van der Waals surface area contributed by atoms with Crippen LogP contribution in [0.15, 0.2) is 42.7 Å². The van der Waals surface area contributed by atoms with Gasteiger partial charge in [0, 0.05) is 12.4 Å². The molecule has 1 aromatic heterocycles. The molecule has 0 spiro atoms. The van der Waals surface area contributed by atoms with Crippen LogP contribution < -0.4 is 4.74 Å². The largest absolute Gasteiger partial charge is 0.424 e. The molecule has 3 nitrogen and oxygen atoms in total. The van der Waals surface area contributed by atoms with Gasteiger partial charge in [0.15, 0.2) is 0 Å². The maximum absolute atomic E-state index is 5.49. The summed E-state index contributed by atoms with van der Waals surface area (Å²) in [5.41, 5.74) is 1.07. The molecule has 0 N–H and O–H groups in total. The smallest absolute Gasteiger partial charge is 0.321 e. The molecule has 0 saturated heterocycles. The first kappa shape index (κ1) is 8.69. The number of rotatable bonds is 2. The van der Waals surface area contributed by atoms with Gasteiger partial charge in [0.05, 0.1) is 0 Å². The van der Waals surface area contributed by atoms with Gasteiger partial charge in [0.25, 0.3) is 0 Å². The van der Waals surface area contributed by atoms with Gasteiger partial charge >= 0.3 is 6.01 Å². The van der Waals surface area contributed by atoms with Crippen molar-refractivity contribution in [3.05, 3.63) is 48.3 Å². The Morgan fingerprint density at radius 2 is 1.71 bits per heavy atom. The van der Waals surface area contributed by atoms with Crippen molar-refractivity contribution < 1.29 is 4.74 Å². The van der Waals surface area contributed by atoms with Crippen LogP contribution in [0.25, 0.3) is 0 Å². The fourth-order valence-electron chi connectivity index (χ4n) is 1.11. The molecule has 2 rings (SSSR count). The molecule has 0 aliphatic heterocycles. The zero-order valence-electron chi connectivity index (χ0n) is 7.84. The van der Waals surface area contributed by atoms with Crippen molar-refractivity contribution in [2.75, 3.05) is 0 Å². The van der Waals surface area contributed by atoms with Crippen molar-refractivity contribution >= 4 is 0 Å². The minimum atomic E-state index is 0.377. The van der Waals surface area contributed by atoms with E-state index in [0.29, 0.717) is 6.01 Å². The Balaban J connectivity index is 2.24. The number of hydrogen-bond acceptors (Lipinski definition) is 3. The fourth-order valence-corrected chi connectivity index (χ4v) is 1.11. The number of ether oxygens (including phenoxy) is 1. The lowest BCUT2D eigenvalue weighted by Crippen LogP contribution is -1.91. The third kappa shape index (κ3) is 1.88. The van der Waals surface area contributed by atoms with E-state index in [1.807, 2.05) is 31.2 Å². The van der Waals surface area contributed by atoms with Crippen molar-refractivity contribution in [2.45, 2.75) is 6.92 Å². The molecule has 0 aliphatic carbocycles. The normalized spacial score (nSPS) is 9.79. The number of aromatic nitrogens is 2. The highest BCUT2D eigenvalue weighted by molar-refractivity contribution is 5.33. The van der Waals surface area contributed by atoms with Gasteiger partial charge in [-0.1, -0.05) is 18.2 Å². The summed E-state index contributed by atoms with van der Waals surface area (Å²) >= 11 is 0. The lowest BCUT2D eigenvalue weighted by Gasteiger charge is -2.05. The van der Waals surface area contributed by atoms with Gasteiger partial charge < -0.3 is 4.74 Å². The molecule has 0 atom stereocenters. The van der Waals surface area contributed by atoms with Crippen molar-refractivity contribution in [1.29, 1.82) is 0 Å². The van der Waals surface area contributed by atoms with Crippen LogP contribution in [-0.4, -0.2) is 9.97 Å². The number of nitrogens with zero attached hydrogens (tertiary/aromatic N) is 2. The Kier molecular flexibility index (Phi) is 2.40. The van der Waals surface area contributed by atoms with Crippen molar-refractivity contribution in [1.82, 2.24) is 9.97 Å². The van der Waals surface area contributed by atoms with Gasteiger partial charge in [0.2, 0.25) is 0 Å². The molecule has 0 fully saturated rings. The number of para-hydroxylation sites is 1. The Labute approximate surface area is 82.4 Å². The highest BCUT2D eigenvalue weighted by Crippen LogP contribution is 2.20. The number of aryl methyl sites for hydroxylation is 1. The molecule has 0 radical (unpaired) electrons. The molecule has 1 aromatic carbocycles. The molecular formula is C11H10N2O. The maximum Gasteiger partial charge on any atom is 0.321 e. The molecule has 1 heterocycles. The van der Waals surface area contributed by atoms with Crippen LogP contribution in [0.2, 0.25) is 0 Å². The predicted octanol–water partition coefficient (Wildman–Crippen LogP) is 2.58. The first-order chi connectivity index (χ1) is 6.86. The summed E-state index contributed by atoms with van der Waals surface area (Å²) in [6.07, 6.45) is 3.31. The van der Waals surface area contributed by atoms with Gasteiger partial charge in [-0.05, 0) is 24.6 Å². The lowest BCUT2D eigenvalue weighted by atomic mass is 10.2. The molecule has 0 aliphatic rings. The molecule has 3 heteroatoms. The maximum atomic E-state index is 5.49. The van der Waals surface area contributed by atoms with Crippen molar-refractivity contribution in [3.8, 4) is 11.8 Å². The van der Waals surface area contributed by atoms with Gasteiger partial charge in [0.1, 0.15) is 5.75 Å². The zero-order valence-corrected chi connectivity index (χ0v) is 7.84. The highest BCUT2D eigenvalue weighted by Gasteiger charge is 2.00. The van der Waals surface area contributed by atoms with Gasteiger partial charge in [-0.3, -0.25) is 0 Å². The molecule has 0 bridgehead atoms. The summed E-state index contributed by atoms with van der Waals surface area (Å²) < 4.78 is 5.49. The average molecular weight is 186 g/mol. The number of benzene rings is 1. The third-order valence-electron chi connectivity index (χ3n) is 1.84. The van der Waals surface area contributed by atoms with E-state index in [2.05, 4.69) is 9.97 Å². The Morgan fingerprint density at radius 3 is 2.43 bits per heavy atom. The summed E-state index contributed by atoms with van der Waals surface area (Å²) in [5, 5.41) is 0. The summed E-state index contributed by atoms with van der Waals surface area (Å²) in [5.74, 6) is 0.790. The Hall–Kier alpha value is -1.90. The summed E-state index contributed by atoms with van der Waals surface area (Å²) in [6.45, 7) is 1.98. The molecule has 0 saturated carbocycles. The van der Waals surface area contributed by atoms with E-state index in [4.69, 9.17) is 4.74 Å². The number of hydrogen-bond donors (Lipinski definition) is 0. The van der Waals surface area contributed by atoms with Crippen molar-refractivity contribution in [2.24, 2.45) is 0 Å². The average Bonchev–Trinajstić information content (AvgIpc) is 2.23. The van der Waals surface area contributed by atoms with Crippen LogP contribution in [0, 0.1) is 6.92 Å². The standard InChI is InChI=1S/C11H10N2O/c1-9-5-2-3-6-10(9)14-11-12-7-4-8-13-11/h2-8H,1H3. The SMILES string of the molecule is Cc1ccccc1Oc1ncccn1. The van der Waals surface area contributed by atoms with Crippen LogP contribution in [0.1, 0.15) is 5.56 Å². The van der Waals surface area contributed by atoms with Crippen LogP contribution in [0.5, 0.6) is 11.8 Å². The fraction of sp³-hybridized carbons (Fsp3) is 0.0909. The quantitative estimate of drug-likeness (QED) is 0.723. The first-order valence-electron chi connectivity index (χ1n) is 4.37. The van der Waals surface area contributed by atoms with E-state index in [9.17, 15) is 0 Å². The van der Waals surface area contributed by atoms with Gasteiger partial charge in [-0.2, -0.15) is 0 Å². The Bertz CT molecular complexity index is 415. The molecule has 0 unspecified atom stereocenters. The predicted molar refractivity (Wildman–Crippen MR) is 53.3 cm³/mol. The monoisotopic (exact) mass is 186 g/mol. The van der Waals surface area contributed by atoms with Gasteiger partial charge in [-0.15, -0.1) is 0 Å². The summed E-state index contributed by atoms with van der Waals surface area (Å²) in [6, 6.07) is 9.90. The summed E-state index contributed by atoms with van der Waals surface area (Å²) in [7, 11) is 0. The Morgan fingerprint density at radius 1 is 1.00 bits per heavy atom. The van der Waals surface area contributed by atoms with E-state index >= 15 is 0 Å². The van der Waals surface area contributed by atoms with E-state index in [1.165, 1.54) is 0 Å². The molecule has 0 amide bonds. The minimum Gasteiger partial charge on any atom is -0.424 e. The molecule has 14 heavy (non-hydrogen) atoms. The summed E-state index contributed by atoms with van der Waals surface area (Å²) in [4.78, 5) is 7.96. The zero-order chi connectivity index (χ0) is 9.80. The molecular weight excluding hydrogens is 176 g/mol. The third-order valence-corrected chi connectivity index (χ3v) is 1.84. The van der Waals surface area contributed by atoms with Crippen molar-refractivity contribution in [3.63, 3.8) is 0 Å². The van der Waals surface area contributed by atoms with E-state index in [1.54, 1.807) is 18.5 Å². The molecule has 70 valence electrons.